The summed E-state index contributed by atoms with van der Waals surface area (Å²) in [5.74, 6) is -8.51. The summed E-state index contributed by atoms with van der Waals surface area (Å²) in [4.78, 5) is 155. The first-order valence-corrected chi connectivity index (χ1v) is 28.1. The van der Waals surface area contributed by atoms with Gasteiger partial charge in [-0.2, -0.15) is 0 Å². The third-order valence-electron chi connectivity index (χ3n) is 15.2. The monoisotopic (exact) mass is 1110 g/mol. The molecule has 21 nitrogen and oxygen atoms in total. The Bertz CT molecular complexity index is 2290. The second-order valence-electron chi connectivity index (χ2n) is 22.8. The fourth-order valence-electron chi connectivity index (χ4n) is 10.1. The maximum atomic E-state index is 14.8. The SMILES string of the molecule is CC[C@H](C)[C@H](CCC(=O)O[C@H](C(=O)[C@H](C)C(=O)N[C@@H](CC(C)C)C(=O)N1CCCC1C)C(C)C)NC(=O)[C@@H](NC(=O)[C@@H](CC(C)C)N(C)C(=O)C1CCCN1C(=O)C(C)=O)[C@@H](C)OC(=O)[C@H](Cc1ccc(OC)cc1)N(C)C=O. The molecule has 0 aromatic heterocycles. The van der Waals surface area contributed by atoms with E-state index in [1.165, 1.54) is 44.9 Å². The summed E-state index contributed by atoms with van der Waals surface area (Å²) in [6.07, 6.45) is 0.895. The number of methoxy groups -OCH3 is 1. The van der Waals surface area contributed by atoms with Crippen molar-refractivity contribution in [2.75, 3.05) is 34.3 Å². The van der Waals surface area contributed by atoms with Gasteiger partial charge in [-0.25, -0.2) is 4.79 Å². The Labute approximate surface area is 467 Å². The number of Topliss-reactive ketones (excluding diaryl/α,β-unsaturated/α-hetero) is 2. The summed E-state index contributed by atoms with van der Waals surface area (Å²) in [6.45, 7) is 21.3. The second kappa shape index (κ2) is 31.4. The van der Waals surface area contributed by atoms with Gasteiger partial charge in [0.2, 0.25) is 41.7 Å². The van der Waals surface area contributed by atoms with E-state index in [1.54, 1.807) is 43.0 Å². The minimum atomic E-state index is -1.62. The molecular formula is C58H91N7O14. The van der Waals surface area contributed by atoms with Crippen LogP contribution in [0.5, 0.6) is 5.75 Å². The Hall–Kier alpha value is -6.41. The number of rotatable bonds is 31. The summed E-state index contributed by atoms with van der Waals surface area (Å²) in [5, 5.41) is 8.53. The van der Waals surface area contributed by atoms with E-state index in [4.69, 9.17) is 14.2 Å². The molecule has 79 heavy (non-hydrogen) atoms. The van der Waals surface area contributed by atoms with E-state index in [-0.39, 0.29) is 68.4 Å². The van der Waals surface area contributed by atoms with Crippen molar-refractivity contribution in [2.24, 2.45) is 29.6 Å². The number of ketones is 2. The van der Waals surface area contributed by atoms with Crippen LogP contribution < -0.4 is 20.7 Å². The third kappa shape index (κ3) is 19.1. The van der Waals surface area contributed by atoms with Gasteiger partial charge in [-0.15, -0.1) is 0 Å². The van der Waals surface area contributed by atoms with Gasteiger partial charge in [0.25, 0.3) is 5.91 Å². The molecule has 0 spiro atoms. The lowest BCUT2D eigenvalue weighted by molar-refractivity contribution is -0.161. The van der Waals surface area contributed by atoms with Crippen LogP contribution >= 0.6 is 0 Å². The van der Waals surface area contributed by atoms with Crippen molar-refractivity contribution in [3.63, 3.8) is 0 Å². The van der Waals surface area contributed by atoms with Gasteiger partial charge in [-0.1, -0.05) is 73.9 Å². The molecule has 2 saturated heterocycles. The predicted molar refractivity (Wildman–Crippen MR) is 295 cm³/mol. The molecule has 7 amide bonds. The zero-order valence-corrected chi connectivity index (χ0v) is 49.5. The molecule has 0 radical (unpaired) electrons. The number of carbonyl (C=O) groups excluding carboxylic acids is 11. The third-order valence-corrected chi connectivity index (χ3v) is 15.2. The van der Waals surface area contributed by atoms with E-state index >= 15 is 0 Å². The Morgan fingerprint density at radius 1 is 0.759 bits per heavy atom. The number of likely N-dealkylation sites (tertiary alicyclic amines) is 2. The van der Waals surface area contributed by atoms with Crippen LogP contribution in [-0.4, -0.2) is 174 Å². The van der Waals surface area contributed by atoms with Crippen molar-refractivity contribution >= 4 is 65.4 Å². The van der Waals surface area contributed by atoms with Crippen LogP contribution in [0.25, 0.3) is 0 Å². The van der Waals surface area contributed by atoms with Gasteiger partial charge in [0.1, 0.15) is 42.1 Å². The van der Waals surface area contributed by atoms with Gasteiger partial charge < -0.3 is 49.8 Å². The van der Waals surface area contributed by atoms with E-state index in [1.807, 2.05) is 48.5 Å². The first kappa shape index (κ1) is 66.9. The molecule has 3 rings (SSSR count). The lowest BCUT2D eigenvalue weighted by atomic mass is 9.92. The van der Waals surface area contributed by atoms with E-state index in [0.717, 1.165) is 24.7 Å². The summed E-state index contributed by atoms with van der Waals surface area (Å²) < 4.78 is 17.0. The largest absolute Gasteiger partial charge is 0.497 e. The van der Waals surface area contributed by atoms with Gasteiger partial charge in [-0.05, 0) is 107 Å². The molecule has 2 fully saturated rings. The number of hydrogen-bond donors (Lipinski definition) is 3. The number of nitrogens with zero attached hydrogens (tertiary/aromatic N) is 4. The Kier molecular flexibility index (Phi) is 26.6. The Morgan fingerprint density at radius 3 is 1.90 bits per heavy atom. The molecule has 442 valence electrons. The quantitative estimate of drug-likeness (QED) is 0.0408. The van der Waals surface area contributed by atoms with Gasteiger partial charge in [0.15, 0.2) is 11.9 Å². The average Bonchev–Trinajstić information content (AvgIpc) is 4.10. The summed E-state index contributed by atoms with van der Waals surface area (Å²) in [7, 11) is 4.32. The van der Waals surface area contributed by atoms with Crippen LogP contribution in [0.1, 0.15) is 146 Å². The first-order valence-electron chi connectivity index (χ1n) is 28.1. The first-order chi connectivity index (χ1) is 37.1. The Balaban J connectivity index is 1.93. The van der Waals surface area contributed by atoms with Gasteiger partial charge in [0.05, 0.1) is 13.0 Å². The highest BCUT2D eigenvalue weighted by Gasteiger charge is 2.43. The molecule has 2 aliphatic heterocycles. The highest BCUT2D eigenvalue weighted by molar-refractivity contribution is 6.35. The van der Waals surface area contributed by atoms with Crippen molar-refractivity contribution < 1.29 is 67.0 Å². The van der Waals surface area contributed by atoms with Crippen molar-refractivity contribution in [1.29, 1.82) is 0 Å². The van der Waals surface area contributed by atoms with Gasteiger partial charge in [0, 0.05) is 59.0 Å². The number of likely N-dealkylation sites (N-methyl/N-ethyl adjacent to an activating group) is 2. The van der Waals surface area contributed by atoms with Gasteiger partial charge in [-0.3, -0.25) is 47.9 Å². The second-order valence-corrected chi connectivity index (χ2v) is 22.8. The minimum Gasteiger partial charge on any atom is -0.497 e. The zero-order valence-electron chi connectivity index (χ0n) is 49.5. The summed E-state index contributed by atoms with van der Waals surface area (Å²) in [5.41, 5.74) is 0.659. The van der Waals surface area contributed by atoms with E-state index in [2.05, 4.69) is 16.0 Å². The van der Waals surface area contributed by atoms with Crippen molar-refractivity contribution in [2.45, 2.75) is 202 Å². The number of nitrogens with one attached hydrogen (secondary N) is 3. The number of ether oxygens (including phenoxy) is 3. The molecule has 2 heterocycles. The number of hydrogen-bond acceptors (Lipinski definition) is 14. The molecule has 21 heteroatoms. The molecule has 2 unspecified atom stereocenters. The molecule has 1 aromatic rings. The van der Waals surface area contributed by atoms with E-state index < -0.39 is 113 Å². The van der Waals surface area contributed by atoms with E-state index in [0.29, 0.717) is 43.5 Å². The fraction of sp³-hybridized carbons (Fsp3) is 0.707. The van der Waals surface area contributed by atoms with Crippen LogP contribution in [0.3, 0.4) is 0 Å². The lowest BCUT2D eigenvalue weighted by Crippen LogP contribution is -2.61. The molecule has 11 atom stereocenters. The number of amides is 7. The van der Waals surface area contributed by atoms with Gasteiger partial charge >= 0.3 is 11.9 Å². The number of benzene rings is 1. The van der Waals surface area contributed by atoms with E-state index in [9.17, 15) is 52.7 Å². The normalized spacial score (nSPS) is 18.7. The average molecular weight is 1110 g/mol. The maximum Gasteiger partial charge on any atom is 0.329 e. The zero-order chi connectivity index (χ0) is 59.6. The van der Waals surface area contributed by atoms with Crippen molar-refractivity contribution in [1.82, 2.24) is 35.6 Å². The molecule has 0 aliphatic carbocycles. The molecule has 2 aliphatic rings. The lowest BCUT2D eigenvalue weighted by Gasteiger charge is -2.35. The topological polar surface area (TPSA) is 265 Å². The van der Waals surface area contributed by atoms with Crippen LogP contribution in [0.2, 0.25) is 0 Å². The predicted octanol–water partition coefficient (Wildman–Crippen LogP) is 4.19. The molecule has 0 saturated carbocycles. The van der Waals surface area contributed by atoms with Crippen LogP contribution in [-0.2, 0) is 68.6 Å². The highest BCUT2D eigenvalue weighted by Crippen LogP contribution is 2.25. The molecule has 3 N–H and O–H groups in total. The summed E-state index contributed by atoms with van der Waals surface area (Å²) >= 11 is 0. The van der Waals surface area contributed by atoms with Crippen LogP contribution in [0.15, 0.2) is 24.3 Å². The van der Waals surface area contributed by atoms with Crippen LogP contribution in [0, 0.1) is 29.6 Å². The smallest absolute Gasteiger partial charge is 0.329 e. The van der Waals surface area contributed by atoms with Crippen LogP contribution in [0.4, 0.5) is 0 Å². The fourth-order valence-corrected chi connectivity index (χ4v) is 10.1. The maximum absolute atomic E-state index is 14.8. The minimum absolute atomic E-state index is 0.00444. The number of esters is 2. The number of carbonyl (C=O) groups is 11. The Morgan fingerprint density at radius 2 is 1.37 bits per heavy atom. The summed E-state index contributed by atoms with van der Waals surface area (Å²) in [6, 6.07) is 0.256. The van der Waals surface area contributed by atoms with Crippen molar-refractivity contribution in [3.05, 3.63) is 29.8 Å². The standard InChI is InChI=1S/C58H91N7O14/c1-16-36(8)43(25-26-48(68)79-51(35(6)7)50(69)38(10)52(70)60-44(29-33(2)3)56(74)64-27-17-19-37(64)9)59-54(72)49(40(12)78-58(76)47(62(13)32-66)31-41-21-23-42(77-15)24-22-41)61-53(71)46(30-34(4)5)63(14)57(75)45-20-18-28-65(45)55(73)39(11)67/h21-24,32-38,40,43-47,49,51H,16-20,25-31H2,1-15H3,(H,59,72)(H,60,70)(H,61,71)/t36-,37?,38-,40+,43-,44-,45?,46+,47-,49-,51-/m0/s1. The molecular weight excluding hydrogens is 1020 g/mol. The van der Waals surface area contributed by atoms with Crippen molar-refractivity contribution in [3.8, 4) is 5.75 Å². The molecule has 1 aromatic carbocycles. The molecule has 0 bridgehead atoms. The highest BCUT2D eigenvalue weighted by atomic mass is 16.6.